The Hall–Kier alpha value is -1.32. The molecule has 0 saturated carbocycles. The molecule has 2 rings (SSSR count). The van der Waals surface area contributed by atoms with Crippen LogP contribution in [-0.4, -0.2) is 5.78 Å². The SMILES string of the molecule is Nc1cc(Br)cc(C(=O)c2ccccc2Cl)c1. The number of benzene rings is 2. The summed E-state index contributed by atoms with van der Waals surface area (Å²) in [5.41, 5.74) is 7.23. The second-order valence-electron chi connectivity index (χ2n) is 3.58. The number of halogens is 2. The van der Waals surface area contributed by atoms with Gasteiger partial charge in [0.25, 0.3) is 0 Å². The van der Waals surface area contributed by atoms with Crippen molar-refractivity contribution in [1.82, 2.24) is 0 Å². The molecule has 0 aliphatic heterocycles. The number of hydrogen-bond donors (Lipinski definition) is 1. The van der Waals surface area contributed by atoms with E-state index in [4.69, 9.17) is 17.3 Å². The van der Waals surface area contributed by atoms with Gasteiger partial charge in [0.15, 0.2) is 5.78 Å². The molecule has 86 valence electrons. The van der Waals surface area contributed by atoms with E-state index in [2.05, 4.69) is 15.9 Å². The minimum absolute atomic E-state index is 0.136. The lowest BCUT2D eigenvalue weighted by Gasteiger charge is -2.05. The predicted octanol–water partition coefficient (Wildman–Crippen LogP) is 3.92. The van der Waals surface area contributed by atoms with Crippen LogP contribution in [0.1, 0.15) is 15.9 Å². The van der Waals surface area contributed by atoms with Crippen LogP contribution in [0.3, 0.4) is 0 Å². The van der Waals surface area contributed by atoms with Crippen molar-refractivity contribution in [2.45, 2.75) is 0 Å². The van der Waals surface area contributed by atoms with Crippen molar-refractivity contribution in [3.8, 4) is 0 Å². The summed E-state index contributed by atoms with van der Waals surface area (Å²) >= 11 is 9.29. The van der Waals surface area contributed by atoms with Crippen molar-refractivity contribution < 1.29 is 4.79 Å². The van der Waals surface area contributed by atoms with Gasteiger partial charge >= 0.3 is 0 Å². The summed E-state index contributed by atoms with van der Waals surface area (Å²) < 4.78 is 0.771. The first-order chi connectivity index (χ1) is 8.08. The third kappa shape index (κ3) is 2.68. The fourth-order valence-electron chi connectivity index (χ4n) is 1.54. The summed E-state index contributed by atoms with van der Waals surface area (Å²) in [5, 5.41) is 0.441. The topological polar surface area (TPSA) is 43.1 Å². The number of carbonyl (C=O) groups is 1. The molecule has 0 spiro atoms. The zero-order valence-electron chi connectivity index (χ0n) is 8.78. The molecule has 0 bridgehead atoms. The van der Waals surface area contributed by atoms with Gasteiger partial charge in [-0.15, -0.1) is 0 Å². The normalized spacial score (nSPS) is 10.2. The average molecular weight is 311 g/mol. The van der Waals surface area contributed by atoms with E-state index in [1.807, 2.05) is 0 Å². The maximum Gasteiger partial charge on any atom is 0.194 e. The van der Waals surface area contributed by atoms with Gasteiger partial charge in [-0.1, -0.05) is 39.7 Å². The van der Waals surface area contributed by atoms with Gasteiger partial charge < -0.3 is 5.73 Å². The second-order valence-corrected chi connectivity index (χ2v) is 4.91. The Morgan fingerprint density at radius 2 is 1.88 bits per heavy atom. The minimum Gasteiger partial charge on any atom is -0.399 e. The van der Waals surface area contributed by atoms with Gasteiger partial charge in [-0.25, -0.2) is 0 Å². The molecule has 0 saturated heterocycles. The van der Waals surface area contributed by atoms with Crippen molar-refractivity contribution in [3.05, 3.63) is 63.1 Å². The molecule has 0 aliphatic rings. The quantitative estimate of drug-likeness (QED) is 0.675. The lowest BCUT2D eigenvalue weighted by Crippen LogP contribution is -2.03. The molecule has 2 aromatic carbocycles. The van der Waals surface area contributed by atoms with Crippen molar-refractivity contribution in [1.29, 1.82) is 0 Å². The van der Waals surface area contributed by atoms with Gasteiger partial charge in [-0.05, 0) is 30.3 Å². The third-order valence-corrected chi connectivity index (χ3v) is 3.09. The first-order valence-electron chi connectivity index (χ1n) is 4.93. The van der Waals surface area contributed by atoms with Crippen LogP contribution in [0.5, 0.6) is 0 Å². The van der Waals surface area contributed by atoms with E-state index in [1.54, 1.807) is 42.5 Å². The standard InChI is InChI=1S/C13H9BrClNO/c14-9-5-8(6-10(16)7-9)13(17)11-3-1-2-4-12(11)15/h1-7H,16H2. The Morgan fingerprint density at radius 3 is 2.53 bits per heavy atom. The predicted molar refractivity (Wildman–Crippen MR) is 73.4 cm³/mol. The van der Waals surface area contributed by atoms with Gasteiger partial charge in [0.1, 0.15) is 0 Å². The molecular formula is C13H9BrClNO. The Balaban J connectivity index is 2.48. The lowest BCUT2D eigenvalue weighted by molar-refractivity contribution is 0.103. The van der Waals surface area contributed by atoms with E-state index in [1.165, 1.54) is 0 Å². The first kappa shape index (κ1) is 12.1. The van der Waals surface area contributed by atoms with Crippen LogP contribution in [0.2, 0.25) is 5.02 Å². The Kier molecular flexibility index (Phi) is 3.50. The van der Waals surface area contributed by atoms with Crippen LogP contribution >= 0.6 is 27.5 Å². The van der Waals surface area contributed by atoms with E-state index in [0.717, 1.165) is 4.47 Å². The smallest absolute Gasteiger partial charge is 0.194 e. The average Bonchev–Trinajstić information content (AvgIpc) is 2.27. The fraction of sp³-hybridized carbons (Fsp3) is 0. The summed E-state index contributed by atoms with van der Waals surface area (Å²) in [4.78, 5) is 12.2. The molecule has 0 unspecified atom stereocenters. The molecule has 2 aromatic rings. The van der Waals surface area contributed by atoms with Crippen LogP contribution in [0.4, 0.5) is 5.69 Å². The lowest BCUT2D eigenvalue weighted by atomic mass is 10.0. The van der Waals surface area contributed by atoms with E-state index in [9.17, 15) is 4.79 Å². The Labute approximate surface area is 113 Å². The number of hydrogen-bond acceptors (Lipinski definition) is 2. The van der Waals surface area contributed by atoms with Gasteiger partial charge in [0, 0.05) is 21.3 Å². The van der Waals surface area contributed by atoms with Crippen LogP contribution in [0.15, 0.2) is 46.9 Å². The molecule has 0 aromatic heterocycles. The highest BCUT2D eigenvalue weighted by molar-refractivity contribution is 9.10. The van der Waals surface area contributed by atoms with E-state index < -0.39 is 0 Å². The monoisotopic (exact) mass is 309 g/mol. The Bertz CT molecular complexity index is 563. The number of anilines is 1. The molecule has 2 N–H and O–H groups in total. The Morgan fingerprint density at radius 1 is 1.18 bits per heavy atom. The maximum atomic E-state index is 12.2. The summed E-state index contributed by atoms with van der Waals surface area (Å²) in [7, 11) is 0. The number of carbonyl (C=O) groups excluding carboxylic acids is 1. The molecule has 4 heteroatoms. The third-order valence-electron chi connectivity index (χ3n) is 2.30. The second kappa shape index (κ2) is 4.90. The van der Waals surface area contributed by atoms with Crippen molar-refractivity contribution in [2.75, 3.05) is 5.73 Å². The molecule has 17 heavy (non-hydrogen) atoms. The minimum atomic E-state index is -0.136. The molecule has 0 amide bonds. The highest BCUT2D eigenvalue weighted by atomic mass is 79.9. The number of nitrogens with two attached hydrogens (primary N) is 1. The van der Waals surface area contributed by atoms with Crippen molar-refractivity contribution in [3.63, 3.8) is 0 Å². The number of rotatable bonds is 2. The molecule has 2 nitrogen and oxygen atoms in total. The number of ketones is 1. The highest BCUT2D eigenvalue weighted by Crippen LogP contribution is 2.23. The van der Waals surface area contributed by atoms with Crippen molar-refractivity contribution >= 4 is 39.0 Å². The van der Waals surface area contributed by atoms with E-state index in [0.29, 0.717) is 21.8 Å². The van der Waals surface area contributed by atoms with Gasteiger partial charge in [0.05, 0.1) is 5.02 Å². The van der Waals surface area contributed by atoms with Crippen LogP contribution < -0.4 is 5.73 Å². The zero-order chi connectivity index (χ0) is 12.4. The van der Waals surface area contributed by atoms with E-state index >= 15 is 0 Å². The molecule has 0 radical (unpaired) electrons. The summed E-state index contributed by atoms with van der Waals surface area (Å²) in [6, 6.07) is 12.1. The molecule has 0 fully saturated rings. The molecule has 0 heterocycles. The fourth-order valence-corrected chi connectivity index (χ4v) is 2.28. The molecular weight excluding hydrogens is 302 g/mol. The van der Waals surface area contributed by atoms with Crippen LogP contribution in [0.25, 0.3) is 0 Å². The van der Waals surface area contributed by atoms with Crippen LogP contribution in [-0.2, 0) is 0 Å². The summed E-state index contributed by atoms with van der Waals surface area (Å²) in [6.45, 7) is 0. The summed E-state index contributed by atoms with van der Waals surface area (Å²) in [6.07, 6.45) is 0. The van der Waals surface area contributed by atoms with Gasteiger partial charge in [0.2, 0.25) is 0 Å². The highest BCUT2D eigenvalue weighted by Gasteiger charge is 2.13. The van der Waals surface area contributed by atoms with Crippen molar-refractivity contribution in [2.24, 2.45) is 0 Å². The van der Waals surface area contributed by atoms with Gasteiger partial charge in [-0.2, -0.15) is 0 Å². The van der Waals surface area contributed by atoms with Gasteiger partial charge in [-0.3, -0.25) is 4.79 Å². The summed E-state index contributed by atoms with van der Waals surface area (Å²) in [5.74, 6) is -0.136. The number of nitrogen functional groups attached to an aromatic ring is 1. The van der Waals surface area contributed by atoms with E-state index in [-0.39, 0.29) is 5.78 Å². The zero-order valence-corrected chi connectivity index (χ0v) is 11.1. The maximum absolute atomic E-state index is 12.2. The first-order valence-corrected chi connectivity index (χ1v) is 6.10. The van der Waals surface area contributed by atoms with Crippen LogP contribution in [0, 0.1) is 0 Å². The molecule has 0 aliphatic carbocycles. The molecule has 0 atom stereocenters. The largest absolute Gasteiger partial charge is 0.399 e.